The van der Waals surface area contributed by atoms with Gasteiger partial charge in [0, 0.05) is 5.56 Å². The number of methoxy groups -OCH3 is 1. The Morgan fingerprint density at radius 1 is 0.931 bits per heavy atom. The number of carbonyl (C=O) groups is 1. The van der Waals surface area contributed by atoms with Crippen LogP contribution >= 0.6 is 0 Å². The topological polar surface area (TPSA) is 68.5 Å². The maximum Gasteiger partial charge on any atom is 0.257 e. The molecule has 0 atom stereocenters. The van der Waals surface area contributed by atoms with Crippen LogP contribution in [0.1, 0.15) is 15.9 Å². The van der Waals surface area contributed by atoms with Crippen LogP contribution in [0.2, 0.25) is 0 Å². The van der Waals surface area contributed by atoms with Crippen LogP contribution in [0.15, 0.2) is 82.0 Å². The van der Waals surface area contributed by atoms with Crippen molar-refractivity contribution in [1.82, 2.24) is 0 Å². The molecule has 0 fully saturated rings. The fourth-order valence-corrected chi connectivity index (χ4v) is 3.23. The van der Waals surface area contributed by atoms with Gasteiger partial charge < -0.3 is 9.15 Å². The number of fused-ring (bicyclic) bond motifs is 1. The summed E-state index contributed by atoms with van der Waals surface area (Å²) in [4.78, 5) is 26.1. The van der Waals surface area contributed by atoms with E-state index in [0.717, 1.165) is 5.56 Å². The van der Waals surface area contributed by atoms with E-state index in [0.29, 0.717) is 33.4 Å². The molecule has 1 heterocycles. The van der Waals surface area contributed by atoms with Gasteiger partial charge in [0.25, 0.3) is 5.91 Å². The first-order valence-corrected chi connectivity index (χ1v) is 9.15. The molecule has 1 amide bonds. The first kappa shape index (κ1) is 18.5. The molecule has 4 aromatic rings. The predicted molar refractivity (Wildman–Crippen MR) is 114 cm³/mol. The van der Waals surface area contributed by atoms with E-state index >= 15 is 0 Å². The van der Waals surface area contributed by atoms with Crippen molar-refractivity contribution in [3.05, 3.63) is 94.1 Å². The number of nitrogens with one attached hydrogen (secondary N) is 1. The smallest absolute Gasteiger partial charge is 0.257 e. The summed E-state index contributed by atoms with van der Waals surface area (Å²) in [5.41, 5.74) is 2.47. The Morgan fingerprint density at radius 3 is 2.34 bits per heavy atom. The number of aryl methyl sites for hydroxylation is 1. The summed E-state index contributed by atoms with van der Waals surface area (Å²) in [5, 5.41) is 3.24. The van der Waals surface area contributed by atoms with Crippen LogP contribution in [0, 0.1) is 6.92 Å². The zero-order valence-electron chi connectivity index (χ0n) is 16.1. The number of rotatable bonds is 4. The highest BCUT2D eigenvalue weighted by Crippen LogP contribution is 2.31. The van der Waals surface area contributed by atoms with Gasteiger partial charge in [-0.2, -0.15) is 0 Å². The van der Waals surface area contributed by atoms with Crippen molar-refractivity contribution in [3.63, 3.8) is 0 Å². The van der Waals surface area contributed by atoms with Gasteiger partial charge in [0.2, 0.25) is 11.3 Å². The molecule has 0 aliphatic carbocycles. The van der Waals surface area contributed by atoms with Crippen LogP contribution in [0.5, 0.6) is 5.75 Å². The highest BCUT2D eigenvalue weighted by Gasteiger charge is 2.19. The Morgan fingerprint density at radius 2 is 1.66 bits per heavy atom. The largest absolute Gasteiger partial charge is 0.497 e. The van der Waals surface area contributed by atoms with Crippen molar-refractivity contribution < 1.29 is 13.9 Å². The van der Waals surface area contributed by atoms with Gasteiger partial charge in [0.15, 0.2) is 0 Å². The number of hydrogen-bond acceptors (Lipinski definition) is 4. The Kier molecular flexibility index (Phi) is 4.87. The molecule has 0 aliphatic rings. The molecule has 5 nitrogen and oxygen atoms in total. The maximum absolute atomic E-state index is 13.3. The van der Waals surface area contributed by atoms with E-state index in [1.54, 1.807) is 61.7 Å². The van der Waals surface area contributed by atoms with Crippen LogP contribution in [-0.2, 0) is 0 Å². The van der Waals surface area contributed by atoms with Crippen molar-refractivity contribution in [3.8, 4) is 16.9 Å². The first-order valence-electron chi connectivity index (χ1n) is 9.15. The minimum atomic E-state index is -0.351. The molecule has 3 aromatic carbocycles. The molecule has 4 rings (SSSR count). The minimum Gasteiger partial charge on any atom is -0.497 e. The summed E-state index contributed by atoms with van der Waals surface area (Å²) in [6.07, 6.45) is 0. The Hall–Kier alpha value is -3.86. The van der Waals surface area contributed by atoms with Gasteiger partial charge in [-0.15, -0.1) is 0 Å². The standard InChI is InChI=1S/C24H19NO4/c1-15-7-6-10-19-21(26)20(16-11-13-18(28-2)14-12-16)24(29-22(15)19)25-23(27)17-8-4-3-5-9-17/h3-14H,1-2H3,(H,25,27). The second kappa shape index (κ2) is 7.64. The number of benzene rings is 3. The number of amides is 1. The van der Waals surface area contributed by atoms with Crippen LogP contribution < -0.4 is 15.5 Å². The molecule has 29 heavy (non-hydrogen) atoms. The summed E-state index contributed by atoms with van der Waals surface area (Å²) in [7, 11) is 1.58. The van der Waals surface area contributed by atoms with Crippen molar-refractivity contribution in [2.45, 2.75) is 6.92 Å². The highest BCUT2D eigenvalue weighted by atomic mass is 16.5. The highest BCUT2D eigenvalue weighted by molar-refractivity contribution is 6.06. The number of anilines is 1. The third kappa shape index (κ3) is 3.50. The summed E-state index contributed by atoms with van der Waals surface area (Å²) in [6.45, 7) is 1.86. The van der Waals surface area contributed by atoms with E-state index in [4.69, 9.17) is 9.15 Å². The van der Waals surface area contributed by atoms with E-state index in [9.17, 15) is 9.59 Å². The summed E-state index contributed by atoms with van der Waals surface area (Å²) >= 11 is 0. The van der Waals surface area contributed by atoms with E-state index in [1.165, 1.54) is 0 Å². The quantitative estimate of drug-likeness (QED) is 0.535. The Labute approximate surface area is 167 Å². The molecule has 0 aliphatic heterocycles. The van der Waals surface area contributed by atoms with Gasteiger partial charge in [-0.3, -0.25) is 14.9 Å². The number of hydrogen-bond donors (Lipinski definition) is 1. The lowest BCUT2D eigenvalue weighted by molar-refractivity contribution is 0.102. The normalized spacial score (nSPS) is 10.7. The van der Waals surface area contributed by atoms with Crippen LogP contribution in [0.25, 0.3) is 22.1 Å². The second-order valence-corrected chi connectivity index (χ2v) is 6.64. The Balaban J connectivity index is 1.91. The van der Waals surface area contributed by atoms with Gasteiger partial charge in [0.05, 0.1) is 18.1 Å². The SMILES string of the molecule is COc1ccc(-c2c(NC(=O)c3ccccc3)oc3c(C)cccc3c2=O)cc1. The Bertz CT molecular complexity index is 1240. The fraction of sp³-hybridized carbons (Fsp3) is 0.0833. The second-order valence-electron chi connectivity index (χ2n) is 6.64. The zero-order valence-corrected chi connectivity index (χ0v) is 16.1. The average molecular weight is 385 g/mol. The zero-order chi connectivity index (χ0) is 20.4. The minimum absolute atomic E-state index is 0.121. The molecule has 0 spiro atoms. The van der Waals surface area contributed by atoms with Crippen LogP contribution in [-0.4, -0.2) is 13.0 Å². The number of ether oxygens (including phenoxy) is 1. The monoisotopic (exact) mass is 385 g/mol. The maximum atomic E-state index is 13.3. The van der Waals surface area contributed by atoms with E-state index < -0.39 is 0 Å². The van der Waals surface area contributed by atoms with Gasteiger partial charge >= 0.3 is 0 Å². The molecule has 144 valence electrons. The summed E-state index contributed by atoms with van der Waals surface area (Å²) < 4.78 is 11.2. The third-order valence-electron chi connectivity index (χ3n) is 4.76. The number of carbonyl (C=O) groups excluding carboxylic acids is 1. The van der Waals surface area contributed by atoms with Gasteiger partial charge in [-0.25, -0.2) is 0 Å². The van der Waals surface area contributed by atoms with Crippen LogP contribution in [0.4, 0.5) is 5.88 Å². The molecule has 0 saturated carbocycles. The molecule has 0 unspecified atom stereocenters. The van der Waals surface area contributed by atoms with E-state index in [1.807, 2.05) is 25.1 Å². The molecule has 0 saturated heterocycles. The van der Waals surface area contributed by atoms with Crippen molar-refractivity contribution in [2.24, 2.45) is 0 Å². The molecule has 5 heteroatoms. The van der Waals surface area contributed by atoms with E-state index in [-0.39, 0.29) is 17.2 Å². The third-order valence-corrected chi connectivity index (χ3v) is 4.76. The molecular formula is C24H19NO4. The van der Waals surface area contributed by atoms with Crippen LogP contribution in [0.3, 0.4) is 0 Å². The van der Waals surface area contributed by atoms with Gasteiger partial charge in [-0.1, -0.05) is 42.5 Å². The van der Waals surface area contributed by atoms with Gasteiger partial charge in [0.1, 0.15) is 11.3 Å². The molecule has 0 bridgehead atoms. The lowest BCUT2D eigenvalue weighted by Crippen LogP contribution is -2.16. The average Bonchev–Trinajstić information content (AvgIpc) is 2.75. The molecule has 0 radical (unpaired) electrons. The lowest BCUT2D eigenvalue weighted by atomic mass is 10.0. The lowest BCUT2D eigenvalue weighted by Gasteiger charge is -2.13. The van der Waals surface area contributed by atoms with Crippen molar-refractivity contribution in [1.29, 1.82) is 0 Å². The molecule has 1 aromatic heterocycles. The number of para-hydroxylation sites is 1. The molecule has 1 N–H and O–H groups in total. The van der Waals surface area contributed by atoms with Crippen molar-refractivity contribution in [2.75, 3.05) is 12.4 Å². The summed E-state index contributed by atoms with van der Waals surface area (Å²) in [6, 6.07) is 21.3. The first-order chi connectivity index (χ1) is 14.1. The fourth-order valence-electron chi connectivity index (χ4n) is 3.23. The molecular weight excluding hydrogens is 366 g/mol. The van der Waals surface area contributed by atoms with E-state index in [2.05, 4.69) is 5.32 Å². The van der Waals surface area contributed by atoms with Gasteiger partial charge in [-0.05, 0) is 48.4 Å². The summed E-state index contributed by atoms with van der Waals surface area (Å²) in [5.74, 6) is 0.442. The predicted octanol–water partition coefficient (Wildman–Crippen LogP) is 5.03. The van der Waals surface area contributed by atoms with Crippen molar-refractivity contribution >= 4 is 22.8 Å².